The minimum atomic E-state index is -0.340. The lowest BCUT2D eigenvalue weighted by atomic mass is 9.64. The molecule has 3 nitrogen and oxygen atoms in total. The summed E-state index contributed by atoms with van der Waals surface area (Å²) in [7, 11) is 0. The zero-order chi connectivity index (χ0) is 16.2. The number of rotatable bonds is 7. The molecule has 0 radical (unpaired) electrons. The van der Waals surface area contributed by atoms with Gasteiger partial charge >= 0.3 is 0 Å². The second-order valence-electron chi connectivity index (χ2n) is 6.22. The van der Waals surface area contributed by atoms with E-state index in [0.717, 1.165) is 37.9 Å². The number of amides is 1. The second kappa shape index (κ2) is 7.47. The van der Waals surface area contributed by atoms with Crippen LogP contribution in [-0.4, -0.2) is 36.5 Å². The molecule has 4 heteroatoms. The molecule has 0 heterocycles. The molecule has 122 valence electrons. The summed E-state index contributed by atoms with van der Waals surface area (Å²) >= 11 is 5.97. The first-order valence-corrected chi connectivity index (χ1v) is 8.69. The Morgan fingerprint density at radius 2 is 1.86 bits per heavy atom. The molecule has 1 aromatic rings. The first-order valence-electron chi connectivity index (χ1n) is 8.32. The van der Waals surface area contributed by atoms with Crippen molar-refractivity contribution in [2.45, 2.75) is 51.5 Å². The monoisotopic (exact) mass is 322 g/mol. The smallest absolute Gasteiger partial charge is 0.230 e. The molecule has 0 spiro atoms. The van der Waals surface area contributed by atoms with E-state index < -0.39 is 0 Å². The summed E-state index contributed by atoms with van der Waals surface area (Å²) in [6, 6.07) is 8.11. The van der Waals surface area contributed by atoms with Crippen molar-refractivity contribution in [3.8, 4) is 0 Å². The molecule has 1 atom stereocenters. The van der Waals surface area contributed by atoms with Gasteiger partial charge in [0.15, 0.2) is 0 Å². The van der Waals surface area contributed by atoms with E-state index in [0.29, 0.717) is 17.6 Å². The highest BCUT2D eigenvalue weighted by molar-refractivity contribution is 6.30. The Morgan fingerprint density at radius 1 is 1.27 bits per heavy atom. The van der Waals surface area contributed by atoms with Crippen LogP contribution in [0.2, 0.25) is 5.02 Å². The highest BCUT2D eigenvalue weighted by Crippen LogP contribution is 2.44. The molecule has 1 saturated carbocycles. The van der Waals surface area contributed by atoms with Crippen LogP contribution in [0.1, 0.15) is 45.6 Å². The topological polar surface area (TPSA) is 32.3 Å². The molecule has 1 unspecified atom stereocenters. The van der Waals surface area contributed by atoms with E-state index in [1.54, 1.807) is 0 Å². The summed E-state index contributed by atoms with van der Waals surface area (Å²) in [5.74, 6) is 0.167. The molecular formula is C18H27ClN2O. The summed E-state index contributed by atoms with van der Waals surface area (Å²) in [5, 5.41) is 3.89. The van der Waals surface area contributed by atoms with Gasteiger partial charge in [-0.05, 0) is 50.6 Å². The average Bonchev–Trinajstić information content (AvgIpc) is 2.47. The molecule has 1 aliphatic rings. The highest BCUT2D eigenvalue weighted by Gasteiger charge is 2.45. The third kappa shape index (κ3) is 3.47. The fourth-order valence-electron chi connectivity index (χ4n) is 3.33. The lowest BCUT2D eigenvalue weighted by Gasteiger charge is -2.41. The van der Waals surface area contributed by atoms with E-state index in [1.165, 1.54) is 0 Å². The highest BCUT2D eigenvalue weighted by atomic mass is 35.5. The van der Waals surface area contributed by atoms with Crippen LogP contribution in [0.25, 0.3) is 0 Å². The lowest BCUT2D eigenvalue weighted by molar-refractivity contribution is -0.130. The van der Waals surface area contributed by atoms with Crippen molar-refractivity contribution in [1.82, 2.24) is 10.2 Å². The zero-order valence-electron chi connectivity index (χ0n) is 13.9. The van der Waals surface area contributed by atoms with Gasteiger partial charge in [0.25, 0.3) is 0 Å². The number of benzene rings is 1. The minimum absolute atomic E-state index is 0.167. The summed E-state index contributed by atoms with van der Waals surface area (Å²) in [6.07, 6.45) is 2.97. The standard InChI is InChI=1S/C18H27ClN2O/c1-4-21(5-2)14(3)13-20-17(22)18(11-6-12-18)15-7-9-16(19)10-8-15/h7-10,14H,4-6,11-13H2,1-3H3,(H,20,22). The van der Waals surface area contributed by atoms with E-state index >= 15 is 0 Å². The van der Waals surface area contributed by atoms with Gasteiger partial charge in [0, 0.05) is 17.6 Å². The van der Waals surface area contributed by atoms with Crippen LogP contribution in [0, 0.1) is 0 Å². The Kier molecular flexibility index (Phi) is 5.87. The lowest BCUT2D eigenvalue weighted by Crippen LogP contribution is -2.52. The van der Waals surface area contributed by atoms with Crippen molar-refractivity contribution in [2.24, 2.45) is 0 Å². The van der Waals surface area contributed by atoms with Crippen molar-refractivity contribution in [3.05, 3.63) is 34.9 Å². The number of hydrogen-bond acceptors (Lipinski definition) is 2. The van der Waals surface area contributed by atoms with Gasteiger partial charge in [-0.3, -0.25) is 9.69 Å². The van der Waals surface area contributed by atoms with Gasteiger partial charge in [0.1, 0.15) is 0 Å². The van der Waals surface area contributed by atoms with E-state index in [-0.39, 0.29) is 11.3 Å². The van der Waals surface area contributed by atoms with Crippen LogP contribution < -0.4 is 5.32 Å². The van der Waals surface area contributed by atoms with Crippen molar-refractivity contribution < 1.29 is 4.79 Å². The van der Waals surface area contributed by atoms with Crippen LogP contribution in [0.5, 0.6) is 0 Å². The SMILES string of the molecule is CCN(CC)C(C)CNC(=O)C1(c2ccc(Cl)cc2)CCC1. The first kappa shape index (κ1) is 17.3. The van der Waals surface area contributed by atoms with Gasteiger partial charge in [-0.1, -0.05) is 44.0 Å². The maximum atomic E-state index is 12.8. The van der Waals surface area contributed by atoms with Gasteiger partial charge in [-0.15, -0.1) is 0 Å². The summed E-state index contributed by atoms with van der Waals surface area (Å²) in [4.78, 5) is 15.1. The van der Waals surface area contributed by atoms with Gasteiger partial charge in [0.05, 0.1) is 5.41 Å². The van der Waals surface area contributed by atoms with Crippen LogP contribution in [0.3, 0.4) is 0 Å². The Hall–Kier alpha value is -1.06. The Morgan fingerprint density at radius 3 is 2.32 bits per heavy atom. The predicted octanol–water partition coefficient (Wildman–Crippen LogP) is 3.61. The number of nitrogens with zero attached hydrogens (tertiary/aromatic N) is 1. The molecule has 0 saturated heterocycles. The van der Waals surface area contributed by atoms with Gasteiger partial charge in [0.2, 0.25) is 5.91 Å². The molecule has 22 heavy (non-hydrogen) atoms. The van der Waals surface area contributed by atoms with E-state index in [1.807, 2.05) is 24.3 Å². The fourth-order valence-corrected chi connectivity index (χ4v) is 3.46. The van der Waals surface area contributed by atoms with Crippen molar-refractivity contribution in [3.63, 3.8) is 0 Å². The normalized spacial score (nSPS) is 17.9. The number of hydrogen-bond donors (Lipinski definition) is 1. The molecule has 0 bridgehead atoms. The van der Waals surface area contributed by atoms with Crippen molar-refractivity contribution in [2.75, 3.05) is 19.6 Å². The third-order valence-corrected chi connectivity index (χ3v) is 5.28. The summed E-state index contributed by atoms with van der Waals surface area (Å²) < 4.78 is 0. The van der Waals surface area contributed by atoms with Gasteiger partial charge < -0.3 is 5.32 Å². The van der Waals surface area contributed by atoms with Crippen LogP contribution in [0.4, 0.5) is 0 Å². The maximum absolute atomic E-state index is 12.8. The molecule has 1 amide bonds. The van der Waals surface area contributed by atoms with Crippen LogP contribution in [0.15, 0.2) is 24.3 Å². The largest absolute Gasteiger partial charge is 0.354 e. The molecule has 1 aliphatic carbocycles. The predicted molar refractivity (Wildman–Crippen MR) is 92.4 cm³/mol. The van der Waals surface area contributed by atoms with Gasteiger partial charge in [-0.2, -0.15) is 0 Å². The molecule has 2 rings (SSSR count). The Labute approximate surface area is 139 Å². The van der Waals surface area contributed by atoms with Crippen LogP contribution in [-0.2, 0) is 10.2 Å². The zero-order valence-corrected chi connectivity index (χ0v) is 14.6. The number of halogens is 1. The van der Waals surface area contributed by atoms with Gasteiger partial charge in [-0.25, -0.2) is 0 Å². The van der Waals surface area contributed by atoms with E-state index in [9.17, 15) is 4.79 Å². The molecule has 1 N–H and O–H groups in total. The quantitative estimate of drug-likeness (QED) is 0.831. The number of carbonyl (C=O) groups excluding carboxylic acids is 1. The van der Waals surface area contributed by atoms with Crippen molar-refractivity contribution in [1.29, 1.82) is 0 Å². The number of likely N-dealkylation sites (N-methyl/N-ethyl adjacent to an activating group) is 1. The second-order valence-corrected chi connectivity index (χ2v) is 6.66. The Bertz CT molecular complexity index is 492. The van der Waals surface area contributed by atoms with E-state index in [4.69, 9.17) is 11.6 Å². The molecule has 1 fully saturated rings. The number of carbonyl (C=O) groups is 1. The minimum Gasteiger partial charge on any atom is -0.354 e. The molecule has 1 aromatic carbocycles. The average molecular weight is 323 g/mol. The fraction of sp³-hybridized carbons (Fsp3) is 0.611. The van der Waals surface area contributed by atoms with E-state index in [2.05, 4.69) is 31.0 Å². The Balaban J connectivity index is 2.02. The molecule has 0 aliphatic heterocycles. The summed E-state index contributed by atoms with van der Waals surface area (Å²) in [5.41, 5.74) is 0.754. The number of nitrogens with one attached hydrogen (secondary N) is 1. The van der Waals surface area contributed by atoms with Crippen LogP contribution >= 0.6 is 11.6 Å². The van der Waals surface area contributed by atoms with Crippen molar-refractivity contribution >= 4 is 17.5 Å². The first-order chi connectivity index (χ1) is 10.5. The third-order valence-electron chi connectivity index (χ3n) is 5.03. The summed E-state index contributed by atoms with van der Waals surface area (Å²) in [6.45, 7) is 9.20. The maximum Gasteiger partial charge on any atom is 0.230 e. The molecular weight excluding hydrogens is 296 g/mol. The molecule has 0 aromatic heterocycles.